The summed E-state index contributed by atoms with van der Waals surface area (Å²) in [5.74, 6) is -0.937. The first-order chi connectivity index (χ1) is 16.1. The van der Waals surface area contributed by atoms with Gasteiger partial charge in [-0.25, -0.2) is 0 Å². The van der Waals surface area contributed by atoms with Gasteiger partial charge in [-0.1, -0.05) is 42.5 Å². The van der Waals surface area contributed by atoms with Crippen LogP contribution in [0.2, 0.25) is 0 Å². The van der Waals surface area contributed by atoms with Gasteiger partial charge in [-0.05, 0) is 17.2 Å². The smallest absolute Gasteiger partial charge is 0.256 e. The van der Waals surface area contributed by atoms with E-state index in [4.69, 9.17) is 9.47 Å². The minimum atomic E-state index is -0.634. The second kappa shape index (κ2) is 9.43. The SMILES string of the molecule is O=C1CC(N2C(=O)c3ccccc3C2OCc2ccc(CN3CCOCC3)cc2)CC(=O)N1. The molecule has 1 unspecified atom stereocenters. The van der Waals surface area contributed by atoms with Crippen molar-refractivity contribution in [2.24, 2.45) is 0 Å². The standard InChI is InChI=1S/C25H27N3O5/c29-22-13-19(14-23(30)26-22)28-24(31)20-3-1-2-4-21(20)25(28)33-16-18-7-5-17(6-8-18)15-27-9-11-32-12-10-27/h1-8,19,25H,9-16H2,(H,26,29,30). The van der Waals surface area contributed by atoms with Gasteiger partial charge in [0.25, 0.3) is 5.91 Å². The van der Waals surface area contributed by atoms with E-state index in [0.29, 0.717) is 12.2 Å². The van der Waals surface area contributed by atoms with Crippen LogP contribution in [0.1, 0.15) is 46.1 Å². The van der Waals surface area contributed by atoms with Gasteiger partial charge >= 0.3 is 0 Å². The number of carbonyl (C=O) groups is 3. The third-order valence-corrected chi connectivity index (χ3v) is 6.40. The van der Waals surface area contributed by atoms with Gasteiger partial charge in [0.1, 0.15) is 0 Å². The van der Waals surface area contributed by atoms with E-state index in [1.54, 1.807) is 11.0 Å². The summed E-state index contributed by atoms with van der Waals surface area (Å²) in [6.07, 6.45) is -0.464. The van der Waals surface area contributed by atoms with E-state index < -0.39 is 12.3 Å². The molecule has 8 nitrogen and oxygen atoms in total. The molecule has 3 amide bonds. The lowest BCUT2D eigenvalue weighted by atomic mass is 10.0. The second-order valence-electron chi connectivity index (χ2n) is 8.70. The number of carbonyl (C=O) groups excluding carboxylic acids is 3. The number of nitrogens with one attached hydrogen (secondary N) is 1. The second-order valence-corrected chi connectivity index (χ2v) is 8.70. The maximum atomic E-state index is 13.2. The summed E-state index contributed by atoms with van der Waals surface area (Å²) in [5, 5.41) is 2.31. The molecule has 0 saturated carbocycles. The first-order valence-electron chi connectivity index (χ1n) is 11.3. The Kier molecular flexibility index (Phi) is 6.22. The van der Waals surface area contributed by atoms with Crippen LogP contribution >= 0.6 is 0 Å². The lowest BCUT2D eigenvalue weighted by Gasteiger charge is -2.34. The summed E-state index contributed by atoms with van der Waals surface area (Å²) in [7, 11) is 0. The molecule has 33 heavy (non-hydrogen) atoms. The molecule has 1 atom stereocenters. The number of morpholine rings is 1. The van der Waals surface area contributed by atoms with Gasteiger partial charge in [0, 0.05) is 43.6 Å². The fourth-order valence-corrected chi connectivity index (χ4v) is 4.72. The van der Waals surface area contributed by atoms with Crippen LogP contribution in [0.4, 0.5) is 0 Å². The van der Waals surface area contributed by atoms with Crippen LogP contribution in [-0.4, -0.2) is 59.9 Å². The summed E-state index contributed by atoms with van der Waals surface area (Å²) >= 11 is 0. The van der Waals surface area contributed by atoms with Crippen LogP contribution in [0.25, 0.3) is 0 Å². The Morgan fingerprint density at radius 2 is 1.58 bits per heavy atom. The van der Waals surface area contributed by atoms with Gasteiger partial charge < -0.3 is 14.4 Å². The molecule has 2 fully saturated rings. The van der Waals surface area contributed by atoms with Crippen molar-refractivity contribution in [3.8, 4) is 0 Å². The van der Waals surface area contributed by atoms with Gasteiger partial charge in [-0.15, -0.1) is 0 Å². The maximum Gasteiger partial charge on any atom is 0.256 e. The Hall–Kier alpha value is -3.07. The lowest BCUT2D eigenvalue weighted by molar-refractivity contribution is -0.137. The summed E-state index contributed by atoms with van der Waals surface area (Å²) in [4.78, 5) is 41.0. The first kappa shape index (κ1) is 21.8. The van der Waals surface area contributed by atoms with Crippen molar-refractivity contribution in [1.29, 1.82) is 0 Å². The average Bonchev–Trinajstić information content (AvgIpc) is 3.10. The molecular weight excluding hydrogens is 422 g/mol. The number of fused-ring (bicyclic) bond motifs is 1. The van der Waals surface area contributed by atoms with E-state index in [1.807, 2.05) is 30.3 Å². The van der Waals surface area contributed by atoms with Crippen LogP contribution < -0.4 is 5.32 Å². The predicted molar refractivity (Wildman–Crippen MR) is 119 cm³/mol. The summed E-state index contributed by atoms with van der Waals surface area (Å²) in [6, 6.07) is 15.1. The van der Waals surface area contributed by atoms with Gasteiger partial charge in [0.15, 0.2) is 6.23 Å². The Morgan fingerprint density at radius 3 is 2.30 bits per heavy atom. The van der Waals surface area contributed by atoms with E-state index in [9.17, 15) is 14.4 Å². The van der Waals surface area contributed by atoms with E-state index in [1.165, 1.54) is 5.56 Å². The Balaban J connectivity index is 1.29. The molecular formula is C25H27N3O5. The minimum absolute atomic E-state index is 0.0849. The molecule has 172 valence electrons. The van der Waals surface area contributed by atoms with E-state index in [0.717, 1.165) is 44.0 Å². The zero-order chi connectivity index (χ0) is 22.8. The number of ether oxygens (including phenoxy) is 2. The highest BCUT2D eigenvalue weighted by Crippen LogP contribution is 2.38. The summed E-state index contributed by atoms with van der Waals surface area (Å²) in [6.45, 7) is 4.64. The van der Waals surface area contributed by atoms with Gasteiger partial charge in [0.2, 0.25) is 11.8 Å². The number of hydrogen-bond acceptors (Lipinski definition) is 6. The van der Waals surface area contributed by atoms with Crippen molar-refractivity contribution in [3.63, 3.8) is 0 Å². The quantitative estimate of drug-likeness (QED) is 0.679. The molecule has 2 saturated heterocycles. The molecule has 0 bridgehead atoms. The van der Waals surface area contributed by atoms with Gasteiger partial charge in [-0.2, -0.15) is 0 Å². The zero-order valence-corrected chi connectivity index (χ0v) is 18.4. The molecule has 8 heteroatoms. The number of nitrogens with zero attached hydrogens (tertiary/aromatic N) is 2. The van der Waals surface area contributed by atoms with Crippen LogP contribution in [0.15, 0.2) is 48.5 Å². The van der Waals surface area contributed by atoms with E-state index in [-0.39, 0.29) is 30.6 Å². The highest BCUT2D eigenvalue weighted by Gasteiger charge is 2.44. The molecule has 3 aliphatic heterocycles. The third kappa shape index (κ3) is 4.68. The van der Waals surface area contributed by atoms with Gasteiger partial charge in [-0.3, -0.25) is 24.6 Å². The number of hydrogen-bond donors (Lipinski definition) is 1. The molecule has 0 spiro atoms. The Labute approximate surface area is 192 Å². The normalized spacial score (nSPS) is 21.9. The van der Waals surface area contributed by atoms with Crippen molar-refractivity contribution >= 4 is 17.7 Å². The van der Waals surface area contributed by atoms with Crippen molar-refractivity contribution in [2.75, 3.05) is 26.3 Å². The van der Waals surface area contributed by atoms with Crippen molar-refractivity contribution in [3.05, 3.63) is 70.8 Å². The van der Waals surface area contributed by atoms with Crippen molar-refractivity contribution < 1.29 is 23.9 Å². The summed E-state index contributed by atoms with van der Waals surface area (Å²) < 4.78 is 11.7. The minimum Gasteiger partial charge on any atom is -0.379 e. The van der Waals surface area contributed by atoms with Crippen molar-refractivity contribution in [2.45, 2.75) is 38.3 Å². The topological polar surface area (TPSA) is 88.2 Å². The molecule has 0 radical (unpaired) electrons. The van der Waals surface area contributed by atoms with E-state index >= 15 is 0 Å². The molecule has 3 aliphatic rings. The Bertz CT molecular complexity index is 1030. The third-order valence-electron chi connectivity index (χ3n) is 6.40. The van der Waals surface area contributed by atoms with Crippen LogP contribution in [0, 0.1) is 0 Å². The maximum absolute atomic E-state index is 13.2. The molecule has 0 aliphatic carbocycles. The zero-order valence-electron chi connectivity index (χ0n) is 18.4. The predicted octanol–water partition coefficient (Wildman–Crippen LogP) is 2.00. The van der Waals surface area contributed by atoms with Crippen LogP contribution in [-0.2, 0) is 32.2 Å². The average molecular weight is 450 g/mol. The van der Waals surface area contributed by atoms with E-state index in [2.05, 4.69) is 22.3 Å². The van der Waals surface area contributed by atoms with Gasteiger partial charge in [0.05, 0.1) is 25.9 Å². The molecule has 2 aromatic rings. The van der Waals surface area contributed by atoms with Crippen molar-refractivity contribution in [1.82, 2.24) is 15.1 Å². The summed E-state index contributed by atoms with van der Waals surface area (Å²) in [5.41, 5.74) is 3.55. The van der Waals surface area contributed by atoms with Crippen LogP contribution in [0.5, 0.6) is 0 Å². The number of imide groups is 1. The lowest BCUT2D eigenvalue weighted by Crippen LogP contribution is -2.50. The Morgan fingerprint density at radius 1 is 0.909 bits per heavy atom. The fraction of sp³-hybridized carbons (Fsp3) is 0.400. The number of piperidine rings is 1. The largest absolute Gasteiger partial charge is 0.379 e. The highest BCUT2D eigenvalue weighted by molar-refractivity contribution is 6.02. The molecule has 0 aromatic heterocycles. The number of rotatable bonds is 6. The number of benzene rings is 2. The molecule has 3 heterocycles. The highest BCUT2D eigenvalue weighted by atomic mass is 16.5. The molecule has 2 aromatic carbocycles. The molecule has 1 N–H and O–H groups in total. The monoisotopic (exact) mass is 449 g/mol. The first-order valence-corrected chi connectivity index (χ1v) is 11.3. The fourth-order valence-electron chi connectivity index (χ4n) is 4.72. The number of amides is 3. The van der Waals surface area contributed by atoms with Crippen LogP contribution in [0.3, 0.4) is 0 Å². The molecule has 5 rings (SSSR count).